The quantitative estimate of drug-likeness (QED) is 0.475. The number of nitro benzene ring substituents is 1. The molecule has 0 bridgehead atoms. The number of hydrogen-bond donors (Lipinski definition) is 0. The molecule has 1 aromatic carbocycles. The molecule has 0 radical (unpaired) electrons. The third kappa shape index (κ3) is 3.59. The average Bonchev–Trinajstić information content (AvgIpc) is 2.42. The maximum absolute atomic E-state index is 13.8. The summed E-state index contributed by atoms with van der Waals surface area (Å²) in [5, 5.41) is 11.3. The van der Waals surface area contributed by atoms with Gasteiger partial charge in [-0.3, -0.25) is 10.1 Å². The number of halogens is 3. The van der Waals surface area contributed by atoms with Gasteiger partial charge in [0.1, 0.15) is 11.8 Å². The summed E-state index contributed by atoms with van der Waals surface area (Å²) in [5.74, 6) is -0.943. The van der Waals surface area contributed by atoms with E-state index in [2.05, 4.69) is 4.98 Å². The maximum Gasteiger partial charge on any atom is 0.275 e. The molecule has 0 N–H and O–H groups in total. The summed E-state index contributed by atoms with van der Waals surface area (Å²) in [7, 11) is 0. The molecule has 8 heteroatoms. The molecule has 0 spiro atoms. The molecule has 0 aliphatic carbocycles. The molecular weight excluding hydrogens is 322 g/mol. The fourth-order valence-corrected chi connectivity index (χ4v) is 1.98. The van der Waals surface area contributed by atoms with Crippen LogP contribution < -0.4 is 4.74 Å². The van der Waals surface area contributed by atoms with Crippen molar-refractivity contribution in [2.45, 2.75) is 13.5 Å². The zero-order valence-corrected chi connectivity index (χ0v) is 12.3. The zero-order chi connectivity index (χ0) is 15.6. The summed E-state index contributed by atoms with van der Waals surface area (Å²) in [4.78, 5) is 14.0. The molecule has 0 atom stereocenters. The van der Waals surface area contributed by atoms with Gasteiger partial charge >= 0.3 is 0 Å². The molecule has 0 saturated carbocycles. The van der Waals surface area contributed by atoms with Crippen LogP contribution in [0.15, 0.2) is 24.3 Å². The van der Waals surface area contributed by atoms with E-state index in [1.807, 2.05) is 0 Å². The first-order chi connectivity index (χ1) is 9.88. The van der Waals surface area contributed by atoms with Crippen molar-refractivity contribution in [2.24, 2.45) is 0 Å². The highest BCUT2D eigenvalue weighted by molar-refractivity contribution is 6.32. The highest BCUT2D eigenvalue weighted by atomic mass is 35.5. The largest absolute Gasteiger partial charge is 0.484 e. The molecule has 21 heavy (non-hydrogen) atoms. The predicted octanol–water partition coefficient (Wildman–Crippen LogP) is 4.32. The Labute approximate surface area is 129 Å². The van der Waals surface area contributed by atoms with E-state index in [1.54, 1.807) is 6.07 Å². The molecular formula is C13H9Cl2FN2O3. The number of nitrogens with zero attached hydrogens (tertiary/aromatic N) is 2. The number of rotatable bonds is 4. The number of hydrogen-bond acceptors (Lipinski definition) is 4. The third-order valence-corrected chi connectivity index (χ3v) is 3.25. The summed E-state index contributed by atoms with van der Waals surface area (Å²) in [6, 6.07) is 5.14. The number of aryl methyl sites for hydroxylation is 1. The van der Waals surface area contributed by atoms with Gasteiger partial charge in [0, 0.05) is 5.56 Å². The van der Waals surface area contributed by atoms with Crippen molar-refractivity contribution in [3.05, 3.63) is 61.6 Å². The van der Waals surface area contributed by atoms with Gasteiger partial charge in [-0.1, -0.05) is 23.2 Å². The molecule has 2 rings (SSSR count). The van der Waals surface area contributed by atoms with Crippen LogP contribution in [0.2, 0.25) is 10.2 Å². The second-order valence-electron chi connectivity index (χ2n) is 4.18. The lowest BCUT2D eigenvalue weighted by molar-refractivity contribution is -0.385. The van der Waals surface area contributed by atoms with E-state index in [0.717, 1.165) is 6.07 Å². The molecule has 0 saturated heterocycles. The van der Waals surface area contributed by atoms with Crippen molar-refractivity contribution < 1.29 is 14.1 Å². The minimum atomic E-state index is -0.828. The SMILES string of the molecule is Cc1cc(OCc2nc(Cl)ccc2Cl)c(F)cc1[N+](=O)[O-]. The summed E-state index contributed by atoms with van der Waals surface area (Å²) in [6.45, 7) is 1.39. The molecule has 1 aromatic heterocycles. The Morgan fingerprint density at radius 3 is 2.76 bits per heavy atom. The lowest BCUT2D eigenvalue weighted by Gasteiger charge is -2.09. The first-order valence-corrected chi connectivity index (χ1v) is 6.52. The highest BCUT2D eigenvalue weighted by Gasteiger charge is 2.16. The molecule has 0 amide bonds. The summed E-state index contributed by atoms with van der Waals surface area (Å²) >= 11 is 11.7. The second-order valence-corrected chi connectivity index (χ2v) is 4.97. The van der Waals surface area contributed by atoms with Crippen LogP contribution in [-0.2, 0) is 6.61 Å². The van der Waals surface area contributed by atoms with E-state index in [4.69, 9.17) is 27.9 Å². The minimum absolute atomic E-state index is 0.104. The van der Waals surface area contributed by atoms with Gasteiger partial charge in [-0.15, -0.1) is 0 Å². The van der Waals surface area contributed by atoms with Gasteiger partial charge < -0.3 is 4.74 Å². The smallest absolute Gasteiger partial charge is 0.275 e. The number of benzene rings is 1. The number of nitro groups is 1. The van der Waals surface area contributed by atoms with E-state index in [0.29, 0.717) is 16.3 Å². The lowest BCUT2D eigenvalue weighted by Crippen LogP contribution is -2.02. The molecule has 0 fully saturated rings. The Balaban J connectivity index is 2.22. The predicted molar refractivity (Wildman–Crippen MR) is 76.4 cm³/mol. The number of pyridine rings is 1. The Kier molecular flexibility index (Phi) is 4.59. The first-order valence-electron chi connectivity index (χ1n) is 5.76. The summed E-state index contributed by atoms with van der Waals surface area (Å²) in [6.07, 6.45) is 0. The van der Waals surface area contributed by atoms with Crippen LogP contribution in [0, 0.1) is 22.9 Å². The topological polar surface area (TPSA) is 65.3 Å². The monoisotopic (exact) mass is 330 g/mol. The van der Waals surface area contributed by atoms with Crippen molar-refractivity contribution in [3.63, 3.8) is 0 Å². The summed E-state index contributed by atoms with van der Waals surface area (Å²) < 4.78 is 19.0. The van der Waals surface area contributed by atoms with Crippen molar-refractivity contribution in [3.8, 4) is 5.75 Å². The van der Waals surface area contributed by atoms with Crippen LogP contribution in [0.25, 0.3) is 0 Å². The van der Waals surface area contributed by atoms with Gasteiger partial charge in [-0.05, 0) is 25.1 Å². The van der Waals surface area contributed by atoms with Crippen LogP contribution in [-0.4, -0.2) is 9.91 Å². The Hall–Kier alpha value is -1.92. The van der Waals surface area contributed by atoms with Crippen molar-refractivity contribution in [1.29, 1.82) is 0 Å². The van der Waals surface area contributed by atoms with E-state index in [-0.39, 0.29) is 23.2 Å². The van der Waals surface area contributed by atoms with Crippen LogP contribution in [0.1, 0.15) is 11.3 Å². The molecule has 5 nitrogen and oxygen atoms in total. The van der Waals surface area contributed by atoms with Gasteiger partial charge in [-0.25, -0.2) is 9.37 Å². The fourth-order valence-electron chi connectivity index (χ4n) is 1.66. The van der Waals surface area contributed by atoms with Gasteiger partial charge in [0.25, 0.3) is 5.69 Å². The van der Waals surface area contributed by atoms with Crippen LogP contribution in [0.3, 0.4) is 0 Å². The van der Waals surface area contributed by atoms with Crippen molar-refractivity contribution >= 4 is 28.9 Å². The average molecular weight is 331 g/mol. The van der Waals surface area contributed by atoms with Gasteiger partial charge in [0.05, 0.1) is 21.7 Å². The normalized spacial score (nSPS) is 10.5. The number of aromatic nitrogens is 1. The Morgan fingerprint density at radius 2 is 2.10 bits per heavy atom. The van der Waals surface area contributed by atoms with Gasteiger partial charge in [0.2, 0.25) is 0 Å². The molecule has 0 unspecified atom stereocenters. The minimum Gasteiger partial charge on any atom is -0.484 e. The maximum atomic E-state index is 13.8. The van der Waals surface area contributed by atoms with Crippen molar-refractivity contribution in [1.82, 2.24) is 4.98 Å². The third-order valence-electron chi connectivity index (χ3n) is 2.70. The fraction of sp³-hybridized carbons (Fsp3) is 0.154. The Bertz CT molecular complexity index is 710. The molecule has 2 aromatic rings. The van der Waals surface area contributed by atoms with E-state index < -0.39 is 10.7 Å². The van der Waals surface area contributed by atoms with E-state index in [9.17, 15) is 14.5 Å². The van der Waals surface area contributed by atoms with Gasteiger partial charge in [-0.2, -0.15) is 0 Å². The van der Waals surface area contributed by atoms with E-state index in [1.165, 1.54) is 19.1 Å². The standard InChI is InChI=1S/C13H9Cl2FN2O3/c1-7-4-12(9(16)5-11(7)18(19)20)21-6-10-8(14)2-3-13(15)17-10/h2-5H,6H2,1H3. The zero-order valence-electron chi connectivity index (χ0n) is 10.8. The number of ether oxygens (including phenoxy) is 1. The van der Waals surface area contributed by atoms with Crippen LogP contribution in [0.5, 0.6) is 5.75 Å². The van der Waals surface area contributed by atoms with E-state index >= 15 is 0 Å². The van der Waals surface area contributed by atoms with Crippen molar-refractivity contribution in [2.75, 3.05) is 0 Å². The van der Waals surface area contributed by atoms with Gasteiger partial charge in [0.15, 0.2) is 11.6 Å². The summed E-state index contributed by atoms with van der Waals surface area (Å²) in [5.41, 5.74) is 0.333. The molecule has 0 aliphatic heterocycles. The molecule has 110 valence electrons. The van der Waals surface area contributed by atoms with Crippen LogP contribution >= 0.6 is 23.2 Å². The molecule has 1 heterocycles. The van der Waals surface area contributed by atoms with Crippen LogP contribution in [0.4, 0.5) is 10.1 Å². The Morgan fingerprint density at radius 1 is 1.38 bits per heavy atom. The highest BCUT2D eigenvalue weighted by Crippen LogP contribution is 2.28. The lowest BCUT2D eigenvalue weighted by atomic mass is 10.2. The second kappa shape index (κ2) is 6.24. The first kappa shape index (κ1) is 15.5. The molecule has 0 aliphatic rings.